The molecule has 6 heteroatoms. The maximum Gasteiger partial charge on any atom is 0.244 e. The summed E-state index contributed by atoms with van der Waals surface area (Å²) in [4.78, 5) is 28.1. The molecule has 0 aromatic heterocycles. The largest absolute Gasteiger partial charge is 0.330 e. The van der Waals surface area contributed by atoms with E-state index in [-0.39, 0.29) is 30.0 Å². The van der Waals surface area contributed by atoms with Crippen LogP contribution < -0.4 is 16.0 Å². The van der Waals surface area contributed by atoms with Crippen LogP contribution in [0.3, 0.4) is 0 Å². The highest BCUT2D eigenvalue weighted by Crippen LogP contribution is 2.42. The summed E-state index contributed by atoms with van der Waals surface area (Å²) in [7, 11) is 0. The number of fused-ring (bicyclic) bond motifs is 1. The number of amides is 2. The third-order valence-electron chi connectivity index (χ3n) is 5.97. The molecule has 1 saturated carbocycles. The van der Waals surface area contributed by atoms with Gasteiger partial charge in [0.2, 0.25) is 11.8 Å². The Morgan fingerprint density at radius 3 is 2.36 bits per heavy atom. The Balaban J connectivity index is 1.84. The molecule has 1 fully saturated rings. The Hall–Kier alpha value is -2.73. The number of para-hydroxylation sites is 3. The Bertz CT molecular complexity index is 895. The first-order valence-electron chi connectivity index (χ1n) is 9.80. The zero-order valence-electron chi connectivity index (χ0n) is 15.6. The van der Waals surface area contributed by atoms with Gasteiger partial charge < -0.3 is 11.1 Å². The first-order chi connectivity index (χ1) is 13.6. The number of nitrogens with two attached hydrogens (primary N) is 1. The molecule has 0 spiro atoms. The fraction of sp³-hybridized carbons (Fsp3) is 0.364. The molecule has 1 aliphatic heterocycles. The van der Waals surface area contributed by atoms with Crippen LogP contribution in [0.4, 0.5) is 21.5 Å². The van der Waals surface area contributed by atoms with E-state index in [9.17, 15) is 14.0 Å². The van der Waals surface area contributed by atoms with E-state index >= 15 is 0 Å². The van der Waals surface area contributed by atoms with Gasteiger partial charge in [-0.05, 0) is 42.6 Å². The molecule has 0 saturated heterocycles. The Labute approximate surface area is 163 Å². The third kappa shape index (κ3) is 3.18. The molecule has 0 radical (unpaired) electrons. The maximum atomic E-state index is 14.7. The zero-order valence-corrected chi connectivity index (χ0v) is 15.6. The number of hydrogen-bond donors (Lipinski definition) is 2. The second-order valence-corrected chi connectivity index (χ2v) is 7.55. The van der Waals surface area contributed by atoms with Gasteiger partial charge in [0.25, 0.3) is 0 Å². The number of carbonyl (C=O) groups excluding carboxylic acids is 2. The first-order valence-corrected chi connectivity index (χ1v) is 9.80. The number of carbonyl (C=O) groups is 2. The molecule has 2 unspecified atom stereocenters. The van der Waals surface area contributed by atoms with Gasteiger partial charge in [-0.1, -0.05) is 49.9 Å². The monoisotopic (exact) mass is 381 g/mol. The van der Waals surface area contributed by atoms with E-state index < -0.39 is 17.6 Å². The molecule has 1 aliphatic carbocycles. The van der Waals surface area contributed by atoms with Gasteiger partial charge >= 0.3 is 0 Å². The summed E-state index contributed by atoms with van der Waals surface area (Å²) >= 11 is 0. The van der Waals surface area contributed by atoms with Crippen molar-refractivity contribution in [2.75, 3.05) is 16.8 Å². The molecule has 1 heterocycles. The molecule has 5 nitrogen and oxygen atoms in total. The van der Waals surface area contributed by atoms with E-state index in [2.05, 4.69) is 5.32 Å². The molecule has 4 rings (SSSR count). The lowest BCUT2D eigenvalue weighted by Crippen LogP contribution is -2.45. The highest BCUT2D eigenvalue weighted by molar-refractivity contribution is 6.19. The van der Waals surface area contributed by atoms with Crippen molar-refractivity contribution in [2.45, 2.75) is 25.7 Å². The lowest BCUT2D eigenvalue weighted by Gasteiger charge is -2.31. The molecule has 2 aliphatic rings. The zero-order chi connectivity index (χ0) is 19.7. The smallest absolute Gasteiger partial charge is 0.244 e. The number of rotatable bonds is 4. The minimum atomic E-state index is -0.944. The molecule has 28 heavy (non-hydrogen) atoms. The molecular weight excluding hydrogens is 357 g/mol. The van der Waals surface area contributed by atoms with Crippen molar-refractivity contribution >= 4 is 28.9 Å². The van der Waals surface area contributed by atoms with Gasteiger partial charge in [0.1, 0.15) is 11.7 Å². The van der Waals surface area contributed by atoms with E-state index in [1.165, 1.54) is 11.0 Å². The highest BCUT2D eigenvalue weighted by Gasteiger charge is 2.44. The molecule has 146 valence electrons. The fourth-order valence-corrected chi connectivity index (χ4v) is 4.60. The summed E-state index contributed by atoms with van der Waals surface area (Å²) < 4.78 is 14.7. The number of hydrogen-bond acceptors (Lipinski definition) is 3. The number of nitrogens with one attached hydrogen (secondary N) is 1. The minimum absolute atomic E-state index is 0.142. The lowest BCUT2D eigenvalue weighted by molar-refractivity contribution is -0.133. The Morgan fingerprint density at radius 2 is 1.68 bits per heavy atom. The summed E-state index contributed by atoms with van der Waals surface area (Å²) in [6.07, 6.45) is 4.10. The topological polar surface area (TPSA) is 75.4 Å². The van der Waals surface area contributed by atoms with Crippen molar-refractivity contribution < 1.29 is 14.0 Å². The number of benzene rings is 2. The van der Waals surface area contributed by atoms with Crippen molar-refractivity contribution in [2.24, 2.45) is 23.5 Å². The molecule has 2 aromatic carbocycles. The average Bonchev–Trinajstić information content (AvgIpc) is 3.19. The van der Waals surface area contributed by atoms with Crippen molar-refractivity contribution in [1.29, 1.82) is 0 Å². The molecule has 2 atom stereocenters. The summed E-state index contributed by atoms with van der Waals surface area (Å²) in [5.74, 6) is -2.27. The minimum Gasteiger partial charge on any atom is -0.330 e. The van der Waals surface area contributed by atoms with E-state index in [1.807, 2.05) is 0 Å². The second kappa shape index (κ2) is 7.72. The predicted octanol–water partition coefficient (Wildman–Crippen LogP) is 3.82. The van der Waals surface area contributed by atoms with E-state index in [0.717, 1.165) is 25.7 Å². The highest BCUT2D eigenvalue weighted by atomic mass is 19.1. The lowest BCUT2D eigenvalue weighted by atomic mass is 9.79. The molecular formula is C22H24FN3O2. The van der Waals surface area contributed by atoms with Crippen LogP contribution in [0.2, 0.25) is 0 Å². The van der Waals surface area contributed by atoms with Gasteiger partial charge in [0.15, 0.2) is 0 Å². The molecule has 2 amide bonds. The van der Waals surface area contributed by atoms with Gasteiger partial charge in [0.05, 0.1) is 17.1 Å². The Morgan fingerprint density at radius 1 is 1.04 bits per heavy atom. The van der Waals surface area contributed by atoms with Crippen molar-refractivity contribution in [1.82, 2.24) is 0 Å². The van der Waals surface area contributed by atoms with Crippen LogP contribution in [-0.4, -0.2) is 18.4 Å². The van der Waals surface area contributed by atoms with Crippen LogP contribution in [-0.2, 0) is 9.59 Å². The van der Waals surface area contributed by atoms with E-state index in [4.69, 9.17) is 5.73 Å². The normalized spacial score (nSPS) is 21.2. The standard InChI is InChI=1S/C22H24FN3O2/c23-16-9-3-5-11-18(16)26-19-12-6-4-10-17(19)25-21(27)20(22(26)28)15(13-24)14-7-1-2-8-14/h3-6,9-12,14-15,20H,1-2,7-8,13,24H2,(H,25,27). The van der Waals surface area contributed by atoms with Crippen molar-refractivity contribution in [3.05, 3.63) is 54.3 Å². The van der Waals surface area contributed by atoms with Gasteiger partial charge in [-0.25, -0.2) is 4.39 Å². The van der Waals surface area contributed by atoms with Gasteiger partial charge in [0, 0.05) is 0 Å². The van der Waals surface area contributed by atoms with Crippen LogP contribution in [0.15, 0.2) is 48.5 Å². The van der Waals surface area contributed by atoms with Gasteiger partial charge in [-0.2, -0.15) is 0 Å². The molecule has 2 aromatic rings. The number of anilines is 3. The predicted molar refractivity (Wildman–Crippen MR) is 107 cm³/mol. The second-order valence-electron chi connectivity index (χ2n) is 7.55. The third-order valence-corrected chi connectivity index (χ3v) is 5.97. The summed E-state index contributed by atoms with van der Waals surface area (Å²) in [6, 6.07) is 13.1. The van der Waals surface area contributed by atoms with Crippen LogP contribution >= 0.6 is 0 Å². The summed E-state index contributed by atoms with van der Waals surface area (Å²) in [5, 5.41) is 2.88. The summed E-state index contributed by atoms with van der Waals surface area (Å²) in [6.45, 7) is 0.246. The van der Waals surface area contributed by atoms with Crippen LogP contribution in [0.1, 0.15) is 25.7 Å². The Kier molecular flexibility index (Phi) is 5.13. The first kappa shape index (κ1) is 18.6. The van der Waals surface area contributed by atoms with Crippen LogP contribution in [0.5, 0.6) is 0 Å². The van der Waals surface area contributed by atoms with Crippen molar-refractivity contribution in [3.63, 3.8) is 0 Å². The van der Waals surface area contributed by atoms with E-state index in [0.29, 0.717) is 11.4 Å². The maximum absolute atomic E-state index is 14.7. The van der Waals surface area contributed by atoms with Crippen LogP contribution in [0.25, 0.3) is 0 Å². The van der Waals surface area contributed by atoms with Crippen LogP contribution in [0, 0.1) is 23.6 Å². The van der Waals surface area contributed by atoms with Gasteiger partial charge in [-0.15, -0.1) is 0 Å². The van der Waals surface area contributed by atoms with Crippen molar-refractivity contribution in [3.8, 4) is 0 Å². The van der Waals surface area contributed by atoms with Gasteiger partial charge in [-0.3, -0.25) is 14.5 Å². The van der Waals surface area contributed by atoms with E-state index in [1.54, 1.807) is 42.5 Å². The summed E-state index contributed by atoms with van der Waals surface area (Å²) in [5.41, 5.74) is 7.16. The molecule has 0 bridgehead atoms. The molecule has 3 N–H and O–H groups in total. The number of nitrogens with zero attached hydrogens (tertiary/aromatic N) is 1. The average molecular weight is 381 g/mol. The fourth-order valence-electron chi connectivity index (χ4n) is 4.60. The SMILES string of the molecule is NCC(C1CCCC1)C1C(=O)Nc2ccccc2N(c2ccccc2F)C1=O. The quantitative estimate of drug-likeness (QED) is 0.791. The number of halogens is 1.